The second-order valence-corrected chi connectivity index (χ2v) is 4.41. The van der Waals surface area contributed by atoms with Crippen LogP contribution in [0.4, 0.5) is 0 Å². The highest BCUT2D eigenvalue weighted by Gasteiger charge is 2.22. The van der Waals surface area contributed by atoms with Gasteiger partial charge in [0, 0.05) is 11.6 Å². The summed E-state index contributed by atoms with van der Waals surface area (Å²) < 4.78 is 1.82. The van der Waals surface area contributed by atoms with Crippen LogP contribution in [-0.2, 0) is 13.0 Å². The van der Waals surface area contributed by atoms with Gasteiger partial charge in [-0.1, -0.05) is 18.2 Å². The lowest BCUT2D eigenvalue weighted by Gasteiger charge is -2.10. The molecule has 1 atom stereocenters. The summed E-state index contributed by atoms with van der Waals surface area (Å²) in [5, 5.41) is 10.2. The van der Waals surface area contributed by atoms with E-state index in [2.05, 4.69) is 6.07 Å². The highest BCUT2D eigenvalue weighted by Crippen LogP contribution is 2.30. The van der Waals surface area contributed by atoms with Gasteiger partial charge in [0.2, 0.25) is 0 Å². The van der Waals surface area contributed by atoms with Crippen LogP contribution in [0.3, 0.4) is 0 Å². The Morgan fingerprint density at radius 3 is 3.06 bits per heavy atom. The SMILES string of the molecule is C[C@@H]1Cc2cccc3cc(CO)c(=O)n1c23. The number of hydrogen-bond donors (Lipinski definition) is 1. The van der Waals surface area contributed by atoms with Crippen LogP contribution in [0.25, 0.3) is 10.9 Å². The number of para-hydroxylation sites is 1. The molecule has 0 saturated heterocycles. The summed E-state index contributed by atoms with van der Waals surface area (Å²) in [6.45, 7) is 1.85. The molecule has 0 amide bonds. The average Bonchev–Trinajstić information content (AvgIpc) is 2.61. The van der Waals surface area contributed by atoms with E-state index in [1.54, 1.807) is 6.07 Å². The smallest absolute Gasteiger partial charge is 0.256 e. The van der Waals surface area contributed by atoms with E-state index in [9.17, 15) is 9.90 Å². The van der Waals surface area contributed by atoms with Crippen molar-refractivity contribution in [2.24, 2.45) is 0 Å². The Kier molecular flexibility index (Phi) is 1.91. The van der Waals surface area contributed by atoms with E-state index in [1.165, 1.54) is 5.56 Å². The number of aliphatic hydroxyl groups excluding tert-OH is 1. The normalized spacial score (nSPS) is 18.2. The molecule has 0 radical (unpaired) electrons. The van der Waals surface area contributed by atoms with Crippen molar-refractivity contribution in [2.45, 2.75) is 26.0 Å². The molecule has 16 heavy (non-hydrogen) atoms. The largest absolute Gasteiger partial charge is 0.391 e. The number of hydrogen-bond acceptors (Lipinski definition) is 2. The monoisotopic (exact) mass is 215 g/mol. The molecule has 3 heteroatoms. The van der Waals surface area contributed by atoms with Gasteiger partial charge < -0.3 is 9.67 Å². The van der Waals surface area contributed by atoms with Crippen molar-refractivity contribution in [3.63, 3.8) is 0 Å². The zero-order chi connectivity index (χ0) is 11.3. The highest BCUT2D eigenvalue weighted by atomic mass is 16.3. The molecule has 0 spiro atoms. The van der Waals surface area contributed by atoms with Gasteiger partial charge in [0.1, 0.15) is 0 Å². The first-order valence-corrected chi connectivity index (χ1v) is 5.49. The quantitative estimate of drug-likeness (QED) is 0.785. The van der Waals surface area contributed by atoms with Gasteiger partial charge in [-0.3, -0.25) is 4.79 Å². The fraction of sp³-hybridized carbons (Fsp3) is 0.308. The van der Waals surface area contributed by atoms with Crippen molar-refractivity contribution < 1.29 is 5.11 Å². The number of aromatic nitrogens is 1. The van der Waals surface area contributed by atoms with Crippen LogP contribution in [0.15, 0.2) is 29.1 Å². The van der Waals surface area contributed by atoms with E-state index in [0.717, 1.165) is 17.3 Å². The first-order chi connectivity index (χ1) is 7.72. The molecule has 82 valence electrons. The van der Waals surface area contributed by atoms with E-state index in [4.69, 9.17) is 0 Å². The zero-order valence-corrected chi connectivity index (χ0v) is 9.10. The molecular formula is C13H13NO2. The summed E-state index contributed by atoms with van der Waals surface area (Å²) >= 11 is 0. The van der Waals surface area contributed by atoms with Crippen LogP contribution in [0, 0.1) is 0 Å². The van der Waals surface area contributed by atoms with Gasteiger partial charge in [0.05, 0.1) is 12.1 Å². The molecule has 1 aliphatic heterocycles. The number of rotatable bonds is 1. The standard InChI is InChI=1S/C13H13NO2/c1-8-5-9-3-2-4-10-6-11(7-15)13(16)14(8)12(9)10/h2-4,6,8,15H,5,7H2,1H3/t8-/m1/s1. The van der Waals surface area contributed by atoms with Gasteiger partial charge >= 0.3 is 0 Å². The maximum Gasteiger partial charge on any atom is 0.256 e. The molecule has 0 bridgehead atoms. The summed E-state index contributed by atoms with van der Waals surface area (Å²) in [6, 6.07) is 8.06. The maximum atomic E-state index is 12.1. The van der Waals surface area contributed by atoms with E-state index >= 15 is 0 Å². The van der Waals surface area contributed by atoms with Gasteiger partial charge in [-0.15, -0.1) is 0 Å². The lowest BCUT2D eigenvalue weighted by molar-refractivity contribution is 0.279. The number of aliphatic hydroxyl groups is 1. The van der Waals surface area contributed by atoms with Crippen LogP contribution in [0.5, 0.6) is 0 Å². The molecule has 1 aliphatic rings. The van der Waals surface area contributed by atoms with Gasteiger partial charge in [-0.25, -0.2) is 0 Å². The Hall–Kier alpha value is -1.61. The first-order valence-electron chi connectivity index (χ1n) is 5.49. The third-order valence-electron chi connectivity index (χ3n) is 3.34. The molecule has 3 nitrogen and oxygen atoms in total. The molecule has 0 aliphatic carbocycles. The van der Waals surface area contributed by atoms with E-state index in [1.807, 2.05) is 23.6 Å². The minimum atomic E-state index is -0.189. The number of pyridine rings is 1. The lowest BCUT2D eigenvalue weighted by atomic mass is 10.1. The Labute approximate surface area is 93.0 Å². The van der Waals surface area contributed by atoms with Crippen LogP contribution < -0.4 is 5.56 Å². The molecule has 1 aromatic heterocycles. The van der Waals surface area contributed by atoms with Gasteiger partial charge in [-0.2, -0.15) is 0 Å². The Balaban J connectivity index is 2.52. The molecule has 3 rings (SSSR count). The third-order valence-corrected chi connectivity index (χ3v) is 3.34. The summed E-state index contributed by atoms with van der Waals surface area (Å²) in [6.07, 6.45) is 0.904. The van der Waals surface area contributed by atoms with Crippen molar-refractivity contribution in [1.82, 2.24) is 4.57 Å². The molecule has 0 saturated carbocycles. The minimum Gasteiger partial charge on any atom is -0.391 e. The van der Waals surface area contributed by atoms with Crippen molar-refractivity contribution in [3.8, 4) is 0 Å². The Bertz CT molecular complexity index is 628. The summed E-state index contributed by atoms with van der Waals surface area (Å²) in [7, 11) is 0. The van der Waals surface area contributed by atoms with Gasteiger partial charge in [0.25, 0.3) is 5.56 Å². The molecule has 1 N–H and O–H groups in total. The second-order valence-electron chi connectivity index (χ2n) is 4.41. The molecule has 0 unspecified atom stereocenters. The number of nitrogens with zero attached hydrogens (tertiary/aromatic N) is 1. The molecular weight excluding hydrogens is 202 g/mol. The lowest BCUT2D eigenvalue weighted by Crippen LogP contribution is -2.24. The molecule has 0 fully saturated rings. The summed E-state index contributed by atoms with van der Waals surface area (Å²) in [5.74, 6) is 0. The van der Waals surface area contributed by atoms with Crippen LogP contribution in [0.2, 0.25) is 0 Å². The summed E-state index contributed by atoms with van der Waals surface area (Å²) in [5.41, 5.74) is 2.70. The fourth-order valence-electron chi connectivity index (χ4n) is 2.64. The Morgan fingerprint density at radius 1 is 1.50 bits per heavy atom. The van der Waals surface area contributed by atoms with Crippen molar-refractivity contribution in [2.75, 3.05) is 0 Å². The van der Waals surface area contributed by atoms with Crippen molar-refractivity contribution in [3.05, 3.63) is 45.7 Å². The predicted octanol–water partition coefficient (Wildman–Crippen LogP) is 1.61. The summed E-state index contributed by atoms with van der Waals surface area (Å²) in [4.78, 5) is 12.1. The molecule has 2 aromatic rings. The maximum absolute atomic E-state index is 12.1. The van der Waals surface area contributed by atoms with Crippen molar-refractivity contribution >= 4 is 10.9 Å². The third kappa shape index (κ3) is 1.09. The zero-order valence-electron chi connectivity index (χ0n) is 9.10. The minimum absolute atomic E-state index is 0.0487. The topological polar surface area (TPSA) is 42.2 Å². The Morgan fingerprint density at radius 2 is 2.31 bits per heavy atom. The number of benzene rings is 1. The van der Waals surface area contributed by atoms with Crippen LogP contribution >= 0.6 is 0 Å². The first kappa shape index (κ1) is 9.60. The molecule has 1 aromatic carbocycles. The second kappa shape index (κ2) is 3.19. The van der Waals surface area contributed by atoms with Gasteiger partial charge in [0.15, 0.2) is 0 Å². The fourth-order valence-corrected chi connectivity index (χ4v) is 2.64. The van der Waals surface area contributed by atoms with Gasteiger partial charge in [-0.05, 0) is 30.4 Å². The van der Waals surface area contributed by atoms with E-state index < -0.39 is 0 Å². The average molecular weight is 215 g/mol. The van der Waals surface area contributed by atoms with Crippen LogP contribution in [0.1, 0.15) is 24.1 Å². The van der Waals surface area contributed by atoms with Crippen LogP contribution in [-0.4, -0.2) is 9.67 Å². The highest BCUT2D eigenvalue weighted by molar-refractivity contribution is 5.84. The molecule has 2 heterocycles. The predicted molar refractivity (Wildman–Crippen MR) is 62.5 cm³/mol. The van der Waals surface area contributed by atoms with Crippen molar-refractivity contribution in [1.29, 1.82) is 0 Å². The van der Waals surface area contributed by atoms with E-state index in [-0.39, 0.29) is 18.2 Å². The van der Waals surface area contributed by atoms with E-state index in [0.29, 0.717) is 5.56 Å².